The molecule has 0 aliphatic rings. The maximum Gasteiger partial charge on any atom is 0.144 e. The minimum atomic E-state index is -0.422. The molecule has 0 aromatic carbocycles. The lowest BCUT2D eigenvalue weighted by Crippen LogP contribution is -2.33. The number of nitrogens with one attached hydrogen (secondary N) is 1. The van der Waals surface area contributed by atoms with Crippen LogP contribution in [0.5, 0.6) is 0 Å². The van der Waals surface area contributed by atoms with E-state index in [0.717, 1.165) is 25.7 Å². The molecule has 4 heteroatoms. The Hall–Kier alpha value is -0.410. The molecule has 0 radical (unpaired) electrons. The van der Waals surface area contributed by atoms with Gasteiger partial charge in [-0.3, -0.25) is 9.59 Å². The molecule has 0 bridgehead atoms. The monoisotopic (exact) mass is 572 g/mol. The van der Waals surface area contributed by atoms with E-state index in [1.807, 2.05) is 7.05 Å². The van der Waals surface area contributed by atoms with E-state index in [1.165, 1.54) is 141 Å². The van der Waals surface area contributed by atoms with Gasteiger partial charge in [0.15, 0.2) is 0 Å². The van der Waals surface area contributed by atoms with Crippen LogP contribution in [0.3, 0.4) is 0 Å². The zero-order chi connectivity index (χ0) is 27.9. The predicted molar refractivity (Wildman–Crippen MR) is 175 cm³/mol. The van der Waals surface area contributed by atoms with Gasteiger partial charge < -0.3 is 5.32 Å². The van der Waals surface area contributed by atoms with Crippen molar-refractivity contribution in [2.45, 2.75) is 194 Å². The van der Waals surface area contributed by atoms with Gasteiger partial charge in [-0.1, -0.05) is 168 Å². The van der Waals surface area contributed by atoms with E-state index in [-0.39, 0.29) is 24.0 Å². The third-order valence-electron chi connectivity index (χ3n) is 8.24. The minimum Gasteiger partial charge on any atom is -0.319 e. The van der Waals surface area contributed by atoms with Crippen molar-refractivity contribution in [3.8, 4) is 0 Å². The molecule has 39 heavy (non-hydrogen) atoms. The fourth-order valence-electron chi connectivity index (χ4n) is 5.59. The Bertz CT molecular complexity index is 469. The van der Waals surface area contributed by atoms with Crippen molar-refractivity contribution in [3.05, 3.63) is 0 Å². The number of ketones is 2. The molecule has 0 spiro atoms. The van der Waals surface area contributed by atoms with Crippen molar-refractivity contribution in [2.24, 2.45) is 5.92 Å². The van der Waals surface area contributed by atoms with Gasteiger partial charge in [0.1, 0.15) is 11.6 Å². The van der Waals surface area contributed by atoms with Crippen molar-refractivity contribution in [1.29, 1.82) is 0 Å². The van der Waals surface area contributed by atoms with E-state index in [2.05, 4.69) is 19.2 Å². The van der Waals surface area contributed by atoms with Gasteiger partial charge >= 0.3 is 0 Å². The van der Waals surface area contributed by atoms with Crippen molar-refractivity contribution >= 4 is 24.0 Å². The number of carbonyl (C=O) groups is 2. The van der Waals surface area contributed by atoms with Crippen molar-refractivity contribution in [3.63, 3.8) is 0 Å². The van der Waals surface area contributed by atoms with E-state index in [9.17, 15) is 9.59 Å². The average Bonchev–Trinajstić information content (AvgIpc) is 2.92. The molecule has 0 saturated heterocycles. The van der Waals surface area contributed by atoms with Crippen molar-refractivity contribution in [2.75, 3.05) is 13.6 Å². The first-order chi connectivity index (χ1) is 18.7. The van der Waals surface area contributed by atoms with Crippen LogP contribution in [0.25, 0.3) is 0 Å². The third-order valence-corrected chi connectivity index (χ3v) is 8.24. The van der Waals surface area contributed by atoms with Gasteiger partial charge in [0.2, 0.25) is 0 Å². The molecule has 0 atom stereocenters. The number of rotatable bonds is 32. The summed E-state index contributed by atoms with van der Waals surface area (Å²) in [6.45, 7) is 5.06. The Morgan fingerprint density at radius 2 is 0.667 bits per heavy atom. The molecule has 0 heterocycles. The van der Waals surface area contributed by atoms with Crippen LogP contribution >= 0.6 is 12.4 Å². The second-order valence-corrected chi connectivity index (χ2v) is 12.0. The van der Waals surface area contributed by atoms with E-state index >= 15 is 0 Å². The predicted octanol–water partition coefficient (Wildman–Crippen LogP) is 11.3. The second kappa shape index (κ2) is 33.8. The molecule has 234 valence electrons. The normalized spacial score (nSPS) is 11.2. The van der Waals surface area contributed by atoms with E-state index in [1.54, 1.807) is 0 Å². The van der Waals surface area contributed by atoms with Gasteiger partial charge in [0, 0.05) is 19.4 Å². The van der Waals surface area contributed by atoms with Gasteiger partial charge in [0.05, 0.1) is 5.92 Å². The Kier molecular flexibility index (Phi) is 35.3. The highest BCUT2D eigenvalue weighted by molar-refractivity contribution is 6.02. The Morgan fingerprint density at radius 3 is 0.897 bits per heavy atom. The van der Waals surface area contributed by atoms with E-state index < -0.39 is 5.92 Å². The lowest BCUT2D eigenvalue weighted by Gasteiger charge is -2.14. The molecule has 0 aromatic heterocycles. The zero-order valence-electron chi connectivity index (χ0n) is 26.8. The van der Waals surface area contributed by atoms with Crippen LogP contribution in [-0.4, -0.2) is 25.2 Å². The molecule has 0 aliphatic heterocycles. The van der Waals surface area contributed by atoms with E-state index in [4.69, 9.17) is 0 Å². The van der Waals surface area contributed by atoms with Gasteiger partial charge in [-0.25, -0.2) is 0 Å². The lowest BCUT2D eigenvalue weighted by molar-refractivity contribution is -0.132. The zero-order valence-corrected chi connectivity index (χ0v) is 27.6. The van der Waals surface area contributed by atoms with Crippen LogP contribution < -0.4 is 5.32 Å². The molecule has 0 saturated carbocycles. The van der Waals surface area contributed by atoms with Crippen LogP contribution in [0.2, 0.25) is 0 Å². The molecule has 1 N–H and O–H groups in total. The molecular formula is C35H70ClNO2. The van der Waals surface area contributed by atoms with Crippen LogP contribution in [0.1, 0.15) is 194 Å². The Balaban J connectivity index is 0. The molecule has 0 fully saturated rings. The maximum absolute atomic E-state index is 12.7. The average molecular weight is 572 g/mol. The van der Waals surface area contributed by atoms with Gasteiger partial charge in [0.25, 0.3) is 0 Å². The molecule has 0 aliphatic carbocycles. The second-order valence-electron chi connectivity index (χ2n) is 12.0. The quantitative estimate of drug-likeness (QED) is 0.0644. The van der Waals surface area contributed by atoms with Crippen LogP contribution in [0, 0.1) is 5.92 Å². The van der Waals surface area contributed by atoms with Gasteiger partial charge in [-0.2, -0.15) is 0 Å². The van der Waals surface area contributed by atoms with Crippen LogP contribution in [0.15, 0.2) is 0 Å². The smallest absolute Gasteiger partial charge is 0.144 e. The summed E-state index contributed by atoms with van der Waals surface area (Å²) in [7, 11) is 1.85. The number of halogens is 1. The standard InChI is InChI=1S/C35H69NO2.ClH/c1-4-6-8-10-12-14-16-18-20-22-24-26-28-30-34(37)33(32-36-3)35(38)31-29-27-25-23-21-19-17-15-13-11-9-7-5-2;/h33,36H,4-32H2,1-3H3;1H. The fraction of sp³-hybridized carbons (Fsp3) is 0.943. The Labute approximate surface area is 251 Å². The summed E-state index contributed by atoms with van der Waals surface area (Å²) < 4.78 is 0. The van der Waals surface area contributed by atoms with Crippen LogP contribution in [-0.2, 0) is 9.59 Å². The highest BCUT2D eigenvalue weighted by Crippen LogP contribution is 2.17. The first-order valence-electron chi connectivity index (χ1n) is 17.4. The molecule has 0 aromatic rings. The van der Waals surface area contributed by atoms with E-state index in [0.29, 0.717) is 19.4 Å². The summed E-state index contributed by atoms with van der Waals surface area (Å²) in [6, 6.07) is 0. The first-order valence-corrected chi connectivity index (χ1v) is 17.4. The summed E-state index contributed by atoms with van der Waals surface area (Å²) in [5, 5.41) is 3.09. The summed E-state index contributed by atoms with van der Waals surface area (Å²) >= 11 is 0. The number of carbonyl (C=O) groups excluding carboxylic acids is 2. The summed E-state index contributed by atoms with van der Waals surface area (Å²) in [5.74, 6) is -0.0844. The maximum atomic E-state index is 12.7. The summed E-state index contributed by atoms with van der Waals surface area (Å²) in [4.78, 5) is 25.5. The number of hydrogen-bond acceptors (Lipinski definition) is 3. The topological polar surface area (TPSA) is 46.2 Å². The molecular weight excluding hydrogens is 502 g/mol. The highest BCUT2D eigenvalue weighted by atomic mass is 35.5. The molecule has 0 amide bonds. The van der Waals surface area contributed by atoms with Gasteiger partial charge in [-0.15, -0.1) is 12.4 Å². The molecule has 3 nitrogen and oxygen atoms in total. The minimum absolute atomic E-state index is 0. The van der Waals surface area contributed by atoms with Crippen molar-refractivity contribution < 1.29 is 9.59 Å². The number of Topliss-reactive ketones (excluding diaryl/α,β-unsaturated/α-hetero) is 2. The SMILES string of the molecule is CCCCCCCCCCCCCCCC(=O)C(CNC)C(=O)CCCCCCCCCCCCCCC.Cl. The number of unbranched alkanes of at least 4 members (excludes halogenated alkanes) is 24. The molecule has 0 unspecified atom stereocenters. The van der Waals surface area contributed by atoms with Gasteiger partial charge in [-0.05, 0) is 19.9 Å². The summed E-state index contributed by atoms with van der Waals surface area (Å²) in [5.41, 5.74) is 0. The third kappa shape index (κ3) is 28.9. The fourth-order valence-corrected chi connectivity index (χ4v) is 5.59. The Morgan fingerprint density at radius 1 is 0.436 bits per heavy atom. The van der Waals surface area contributed by atoms with Crippen molar-refractivity contribution in [1.82, 2.24) is 5.32 Å². The number of hydrogen-bond donors (Lipinski definition) is 1. The summed E-state index contributed by atoms with van der Waals surface area (Å²) in [6.07, 6.45) is 35.3. The largest absolute Gasteiger partial charge is 0.319 e. The highest BCUT2D eigenvalue weighted by Gasteiger charge is 2.24. The van der Waals surface area contributed by atoms with Crippen LogP contribution in [0.4, 0.5) is 0 Å². The molecule has 0 rings (SSSR count). The first kappa shape index (κ1) is 40.7. The lowest BCUT2D eigenvalue weighted by atomic mass is 9.91.